The fourth-order valence-corrected chi connectivity index (χ4v) is 3.34. The molecule has 0 aliphatic heterocycles. The molecule has 2 aromatic rings. The summed E-state index contributed by atoms with van der Waals surface area (Å²) in [5, 5.41) is 14.2. The maximum atomic E-state index is 12.0. The highest BCUT2D eigenvalue weighted by atomic mass is 35.5. The van der Waals surface area contributed by atoms with E-state index in [0.29, 0.717) is 30.0 Å². The van der Waals surface area contributed by atoms with Crippen molar-refractivity contribution in [3.8, 4) is 5.75 Å². The van der Waals surface area contributed by atoms with Crippen molar-refractivity contribution >= 4 is 34.2 Å². The minimum absolute atomic E-state index is 0.0934. The van der Waals surface area contributed by atoms with Crippen molar-refractivity contribution in [1.29, 1.82) is 0 Å². The lowest BCUT2D eigenvalue weighted by Crippen LogP contribution is -2.36. The quantitative estimate of drug-likeness (QED) is 0.870. The lowest BCUT2D eigenvalue weighted by atomic mass is 10.1. The summed E-state index contributed by atoms with van der Waals surface area (Å²) in [7, 11) is 0. The van der Waals surface area contributed by atoms with Gasteiger partial charge in [-0.05, 0) is 31.4 Å². The number of hydrogen-bond donors (Lipinski definition) is 2. The molecule has 5 nitrogen and oxygen atoms in total. The van der Waals surface area contributed by atoms with Crippen LogP contribution < -0.4 is 10.1 Å². The number of nitrogens with one attached hydrogen (secondary N) is 1. The maximum Gasteiger partial charge on any atom is 0.306 e. The predicted molar refractivity (Wildman–Crippen MR) is 91.4 cm³/mol. The smallest absolute Gasteiger partial charge is 0.306 e. The monoisotopic (exact) mass is 347 g/mol. The Morgan fingerprint density at radius 1 is 1.17 bits per heavy atom. The fraction of sp³-hybridized carbons (Fsp3) is 0.333. The van der Waals surface area contributed by atoms with Gasteiger partial charge in [-0.1, -0.05) is 35.9 Å². The van der Waals surface area contributed by atoms with Crippen LogP contribution >= 0.6 is 11.6 Å². The van der Waals surface area contributed by atoms with Crippen molar-refractivity contribution in [1.82, 2.24) is 5.32 Å². The molecule has 0 heterocycles. The molecule has 2 N–H and O–H groups in total. The number of carbonyl (C=O) groups is 2. The Morgan fingerprint density at radius 2 is 1.92 bits per heavy atom. The van der Waals surface area contributed by atoms with Crippen molar-refractivity contribution in [3.63, 3.8) is 0 Å². The van der Waals surface area contributed by atoms with E-state index in [0.717, 1.165) is 10.8 Å². The first-order valence-electron chi connectivity index (χ1n) is 7.87. The molecule has 0 radical (unpaired) electrons. The van der Waals surface area contributed by atoms with Crippen LogP contribution in [0.4, 0.5) is 0 Å². The van der Waals surface area contributed by atoms with Gasteiger partial charge in [-0.25, -0.2) is 0 Å². The second-order valence-electron chi connectivity index (χ2n) is 5.99. The normalized spacial score (nSPS) is 20.0. The average Bonchev–Trinajstić information content (AvgIpc) is 3.03. The lowest BCUT2D eigenvalue weighted by molar-refractivity contribution is -0.141. The Labute approximate surface area is 144 Å². The molecule has 126 valence electrons. The summed E-state index contributed by atoms with van der Waals surface area (Å²) >= 11 is 6.16. The molecule has 0 aromatic heterocycles. The average molecular weight is 348 g/mol. The highest BCUT2D eigenvalue weighted by molar-refractivity contribution is 6.35. The van der Waals surface area contributed by atoms with Gasteiger partial charge in [0, 0.05) is 21.8 Å². The summed E-state index contributed by atoms with van der Waals surface area (Å²) in [4.78, 5) is 23.0. The van der Waals surface area contributed by atoms with Crippen LogP contribution in [0.5, 0.6) is 5.75 Å². The third-order valence-corrected chi connectivity index (χ3v) is 4.67. The highest BCUT2D eigenvalue weighted by Gasteiger charge is 2.30. The van der Waals surface area contributed by atoms with Crippen LogP contribution in [0, 0.1) is 5.92 Å². The molecule has 0 spiro atoms. The molecular weight excluding hydrogens is 330 g/mol. The number of hydrogen-bond acceptors (Lipinski definition) is 3. The topological polar surface area (TPSA) is 75.6 Å². The van der Waals surface area contributed by atoms with Crippen molar-refractivity contribution in [2.75, 3.05) is 6.61 Å². The molecule has 2 aromatic carbocycles. The van der Waals surface area contributed by atoms with Gasteiger partial charge in [-0.3, -0.25) is 9.59 Å². The van der Waals surface area contributed by atoms with Crippen molar-refractivity contribution in [2.45, 2.75) is 25.3 Å². The van der Waals surface area contributed by atoms with Gasteiger partial charge >= 0.3 is 5.97 Å². The molecule has 1 saturated carbocycles. The van der Waals surface area contributed by atoms with Crippen LogP contribution in [-0.2, 0) is 9.59 Å². The molecule has 24 heavy (non-hydrogen) atoms. The molecule has 1 aliphatic carbocycles. The molecule has 0 unspecified atom stereocenters. The third-order valence-electron chi connectivity index (χ3n) is 4.34. The molecule has 0 saturated heterocycles. The first-order chi connectivity index (χ1) is 11.5. The Hall–Kier alpha value is -2.27. The summed E-state index contributed by atoms with van der Waals surface area (Å²) in [5.41, 5.74) is 0. The third kappa shape index (κ3) is 3.62. The molecular formula is C18H18ClNO4. The number of carboxylic acids is 1. The van der Waals surface area contributed by atoms with Crippen molar-refractivity contribution in [3.05, 3.63) is 41.4 Å². The SMILES string of the molecule is O=C(COc1ccc(Cl)c2ccccc12)N[C@@H]1CC[C@H](C(=O)O)C1. The van der Waals surface area contributed by atoms with E-state index in [9.17, 15) is 9.59 Å². The second-order valence-corrected chi connectivity index (χ2v) is 6.40. The Kier molecular flexibility index (Phi) is 4.90. The van der Waals surface area contributed by atoms with E-state index in [1.807, 2.05) is 24.3 Å². The van der Waals surface area contributed by atoms with Gasteiger partial charge in [-0.2, -0.15) is 0 Å². The number of carbonyl (C=O) groups excluding carboxylic acids is 1. The van der Waals surface area contributed by atoms with E-state index < -0.39 is 5.97 Å². The van der Waals surface area contributed by atoms with Gasteiger partial charge in [0.2, 0.25) is 0 Å². The molecule has 3 rings (SSSR count). The van der Waals surface area contributed by atoms with Crippen LogP contribution in [0.15, 0.2) is 36.4 Å². The molecule has 1 aliphatic rings. The summed E-state index contributed by atoms with van der Waals surface area (Å²) < 4.78 is 5.63. The maximum absolute atomic E-state index is 12.0. The van der Waals surface area contributed by atoms with Crippen LogP contribution in [0.3, 0.4) is 0 Å². The first kappa shape index (κ1) is 16.6. The van der Waals surface area contributed by atoms with Crippen molar-refractivity contribution in [2.24, 2.45) is 5.92 Å². The van der Waals surface area contributed by atoms with E-state index in [1.54, 1.807) is 12.1 Å². The van der Waals surface area contributed by atoms with Gasteiger partial charge in [0.15, 0.2) is 6.61 Å². The predicted octanol–water partition coefficient (Wildman–Crippen LogP) is 3.24. The summed E-state index contributed by atoms with van der Waals surface area (Å²) in [5.74, 6) is -0.808. The lowest BCUT2D eigenvalue weighted by Gasteiger charge is -2.14. The van der Waals surface area contributed by atoms with E-state index in [1.165, 1.54) is 0 Å². The zero-order valence-corrected chi connectivity index (χ0v) is 13.8. The Balaban J connectivity index is 1.59. The van der Waals surface area contributed by atoms with E-state index in [2.05, 4.69) is 5.32 Å². The summed E-state index contributed by atoms with van der Waals surface area (Å²) in [6.45, 7) is -0.111. The van der Waals surface area contributed by atoms with Gasteiger partial charge in [-0.15, -0.1) is 0 Å². The van der Waals surface area contributed by atoms with Crippen LogP contribution in [0.2, 0.25) is 5.02 Å². The minimum atomic E-state index is -0.796. The number of fused-ring (bicyclic) bond motifs is 1. The Morgan fingerprint density at radius 3 is 2.62 bits per heavy atom. The van der Waals surface area contributed by atoms with Crippen LogP contribution in [0.1, 0.15) is 19.3 Å². The van der Waals surface area contributed by atoms with E-state index in [4.69, 9.17) is 21.4 Å². The van der Waals surface area contributed by atoms with Gasteiger partial charge in [0.25, 0.3) is 5.91 Å². The number of benzene rings is 2. The molecule has 6 heteroatoms. The number of halogens is 1. The minimum Gasteiger partial charge on any atom is -0.483 e. The van der Waals surface area contributed by atoms with E-state index in [-0.39, 0.29) is 24.5 Å². The summed E-state index contributed by atoms with van der Waals surface area (Å²) in [6.07, 6.45) is 1.76. The number of aliphatic carboxylic acids is 1. The molecule has 1 fully saturated rings. The zero-order valence-electron chi connectivity index (χ0n) is 13.0. The standard InChI is InChI=1S/C18H18ClNO4/c19-15-7-8-16(14-4-2-1-3-13(14)15)24-10-17(21)20-12-6-5-11(9-12)18(22)23/h1-4,7-8,11-12H,5-6,9-10H2,(H,20,21)(H,22,23)/t11-,12+/m0/s1. The largest absolute Gasteiger partial charge is 0.483 e. The van der Waals surface area contributed by atoms with Crippen LogP contribution in [-0.4, -0.2) is 29.6 Å². The number of carboxylic acid groups (broad SMARTS) is 1. The molecule has 1 amide bonds. The number of amides is 1. The second kappa shape index (κ2) is 7.09. The van der Waals surface area contributed by atoms with Gasteiger partial charge in [0.05, 0.1) is 5.92 Å². The summed E-state index contributed by atoms with van der Waals surface area (Å²) in [6, 6.07) is 11.0. The van der Waals surface area contributed by atoms with Crippen LogP contribution in [0.25, 0.3) is 10.8 Å². The highest BCUT2D eigenvalue weighted by Crippen LogP contribution is 2.31. The first-order valence-corrected chi connectivity index (χ1v) is 8.24. The van der Waals surface area contributed by atoms with Gasteiger partial charge < -0.3 is 15.2 Å². The van der Waals surface area contributed by atoms with Gasteiger partial charge in [0.1, 0.15) is 5.75 Å². The number of ether oxygens (including phenoxy) is 1. The molecule has 0 bridgehead atoms. The Bertz CT molecular complexity index is 777. The van der Waals surface area contributed by atoms with Crippen molar-refractivity contribution < 1.29 is 19.4 Å². The molecule has 2 atom stereocenters. The zero-order chi connectivity index (χ0) is 17.1. The van der Waals surface area contributed by atoms with E-state index >= 15 is 0 Å². The number of rotatable bonds is 5. The fourth-order valence-electron chi connectivity index (χ4n) is 3.11.